The molecule has 3 atom stereocenters. The first-order valence-corrected chi connectivity index (χ1v) is 7.46. The maximum absolute atomic E-state index is 6.42. The second-order valence-corrected chi connectivity index (χ2v) is 6.62. The molecule has 2 N–H and O–H groups in total. The molecule has 0 aliphatic rings. The molecule has 0 amide bonds. The molecule has 0 aliphatic carbocycles. The molecule has 0 heterocycles. The average molecular weight is 251 g/mol. The first-order valence-electron chi connectivity index (χ1n) is 6.52. The van der Waals surface area contributed by atoms with Crippen molar-refractivity contribution >= 4 is 11.8 Å². The molecule has 17 heavy (non-hydrogen) atoms. The van der Waals surface area contributed by atoms with Crippen molar-refractivity contribution in [2.75, 3.05) is 0 Å². The van der Waals surface area contributed by atoms with Crippen LogP contribution in [-0.4, -0.2) is 10.5 Å². The smallest absolute Gasteiger partial charge is 0.0418 e. The quantitative estimate of drug-likeness (QED) is 0.818. The van der Waals surface area contributed by atoms with Crippen LogP contribution in [0.5, 0.6) is 0 Å². The third-order valence-electron chi connectivity index (χ3n) is 3.16. The van der Waals surface area contributed by atoms with Crippen LogP contribution in [0.4, 0.5) is 0 Å². The van der Waals surface area contributed by atoms with Gasteiger partial charge < -0.3 is 5.73 Å². The number of hydrogen-bond acceptors (Lipinski definition) is 2. The molecule has 96 valence electrons. The highest BCUT2D eigenvalue weighted by atomic mass is 32.2. The van der Waals surface area contributed by atoms with Crippen molar-refractivity contribution in [3.63, 3.8) is 0 Å². The van der Waals surface area contributed by atoms with E-state index in [1.54, 1.807) is 0 Å². The number of hydrogen-bond donors (Lipinski definition) is 1. The summed E-state index contributed by atoms with van der Waals surface area (Å²) in [6.07, 6.45) is 1.20. The molecular weight excluding hydrogens is 226 g/mol. The molecule has 1 nitrogen and oxygen atoms in total. The molecule has 1 rings (SSSR count). The van der Waals surface area contributed by atoms with E-state index in [1.165, 1.54) is 12.0 Å². The van der Waals surface area contributed by atoms with Gasteiger partial charge in [-0.15, -0.1) is 0 Å². The Hall–Kier alpha value is -0.470. The van der Waals surface area contributed by atoms with Gasteiger partial charge in [0.15, 0.2) is 0 Å². The zero-order valence-electron chi connectivity index (χ0n) is 11.4. The summed E-state index contributed by atoms with van der Waals surface area (Å²) in [7, 11) is 0. The van der Waals surface area contributed by atoms with Crippen LogP contribution in [0.15, 0.2) is 30.3 Å². The van der Waals surface area contributed by atoms with Crippen LogP contribution in [0.2, 0.25) is 0 Å². The Balaban J connectivity index is 2.77. The fourth-order valence-corrected chi connectivity index (χ4v) is 3.26. The third-order valence-corrected chi connectivity index (χ3v) is 5.11. The highest BCUT2D eigenvalue weighted by Gasteiger charge is 2.24. The summed E-state index contributed by atoms with van der Waals surface area (Å²) in [5.41, 5.74) is 7.67. The van der Waals surface area contributed by atoms with Gasteiger partial charge >= 0.3 is 0 Å². The van der Waals surface area contributed by atoms with Crippen molar-refractivity contribution < 1.29 is 0 Å². The standard InChI is InChI=1S/C15H25NS/c1-5-12(4)17-15(11(2)3)14(16)13-9-7-6-8-10-13/h6-12,14-15H,5,16H2,1-4H3. The molecule has 0 aromatic heterocycles. The lowest BCUT2D eigenvalue weighted by atomic mass is 9.97. The minimum Gasteiger partial charge on any atom is -0.323 e. The molecule has 2 heteroatoms. The van der Waals surface area contributed by atoms with Gasteiger partial charge in [0.05, 0.1) is 0 Å². The van der Waals surface area contributed by atoms with Crippen LogP contribution in [-0.2, 0) is 0 Å². The molecule has 3 unspecified atom stereocenters. The zero-order valence-corrected chi connectivity index (χ0v) is 12.2. The van der Waals surface area contributed by atoms with E-state index >= 15 is 0 Å². The van der Waals surface area contributed by atoms with Crippen molar-refractivity contribution in [3.8, 4) is 0 Å². The molecule has 0 bridgehead atoms. The largest absolute Gasteiger partial charge is 0.323 e. The molecule has 0 radical (unpaired) electrons. The Labute approximate surface area is 110 Å². The van der Waals surface area contributed by atoms with Crippen LogP contribution in [0.1, 0.15) is 45.7 Å². The highest BCUT2D eigenvalue weighted by molar-refractivity contribution is 8.00. The summed E-state index contributed by atoms with van der Waals surface area (Å²) < 4.78 is 0. The summed E-state index contributed by atoms with van der Waals surface area (Å²) in [4.78, 5) is 0. The SMILES string of the molecule is CCC(C)SC(C(C)C)C(N)c1ccccc1. The molecule has 1 aromatic carbocycles. The predicted octanol–water partition coefficient (Wildman–Crippen LogP) is 4.24. The van der Waals surface area contributed by atoms with Crippen molar-refractivity contribution in [3.05, 3.63) is 35.9 Å². The monoisotopic (exact) mass is 251 g/mol. The van der Waals surface area contributed by atoms with Gasteiger partial charge in [0, 0.05) is 16.5 Å². The average Bonchev–Trinajstić information content (AvgIpc) is 2.35. The van der Waals surface area contributed by atoms with Gasteiger partial charge in [-0.2, -0.15) is 11.8 Å². The fourth-order valence-electron chi connectivity index (χ4n) is 1.89. The lowest BCUT2D eigenvalue weighted by Crippen LogP contribution is -2.29. The van der Waals surface area contributed by atoms with Crippen LogP contribution in [0, 0.1) is 5.92 Å². The van der Waals surface area contributed by atoms with E-state index in [0.29, 0.717) is 16.4 Å². The summed E-state index contributed by atoms with van der Waals surface area (Å²) in [6.45, 7) is 9.06. The Morgan fingerprint density at radius 2 is 1.71 bits per heavy atom. The van der Waals surface area contributed by atoms with E-state index in [0.717, 1.165) is 0 Å². The molecule has 0 spiro atoms. The van der Waals surface area contributed by atoms with Crippen molar-refractivity contribution in [1.29, 1.82) is 0 Å². The summed E-state index contributed by atoms with van der Waals surface area (Å²) in [5, 5.41) is 1.17. The number of nitrogens with two attached hydrogens (primary N) is 1. The zero-order chi connectivity index (χ0) is 12.8. The Morgan fingerprint density at radius 3 is 2.18 bits per heavy atom. The minimum atomic E-state index is 0.134. The first-order chi connectivity index (χ1) is 8.06. The number of thioether (sulfide) groups is 1. The summed E-state index contributed by atoms with van der Waals surface area (Å²) >= 11 is 2.03. The van der Waals surface area contributed by atoms with Gasteiger partial charge in [-0.1, -0.05) is 58.0 Å². The Bertz CT molecular complexity index is 310. The Kier molecular flexibility index (Phi) is 6.07. The second kappa shape index (κ2) is 7.07. The fraction of sp³-hybridized carbons (Fsp3) is 0.600. The predicted molar refractivity (Wildman–Crippen MR) is 79.3 cm³/mol. The maximum Gasteiger partial charge on any atom is 0.0418 e. The van der Waals surface area contributed by atoms with E-state index in [2.05, 4.69) is 52.0 Å². The van der Waals surface area contributed by atoms with Crippen molar-refractivity contribution in [2.24, 2.45) is 11.7 Å². The molecular formula is C15H25NS. The Morgan fingerprint density at radius 1 is 1.12 bits per heavy atom. The van der Waals surface area contributed by atoms with E-state index in [4.69, 9.17) is 5.73 Å². The van der Waals surface area contributed by atoms with Gasteiger partial charge in [0.25, 0.3) is 0 Å². The van der Waals surface area contributed by atoms with Gasteiger partial charge in [-0.05, 0) is 17.9 Å². The molecule has 1 aromatic rings. The third kappa shape index (κ3) is 4.36. The number of rotatable bonds is 6. The van der Waals surface area contributed by atoms with Gasteiger partial charge in [-0.3, -0.25) is 0 Å². The van der Waals surface area contributed by atoms with Gasteiger partial charge in [-0.25, -0.2) is 0 Å². The lowest BCUT2D eigenvalue weighted by Gasteiger charge is -2.29. The van der Waals surface area contributed by atoms with Crippen LogP contribution in [0.3, 0.4) is 0 Å². The van der Waals surface area contributed by atoms with Crippen LogP contribution in [0.25, 0.3) is 0 Å². The maximum atomic E-state index is 6.42. The van der Waals surface area contributed by atoms with Crippen molar-refractivity contribution in [1.82, 2.24) is 0 Å². The molecule has 0 saturated heterocycles. The van der Waals surface area contributed by atoms with Crippen molar-refractivity contribution in [2.45, 2.75) is 50.7 Å². The molecule has 0 saturated carbocycles. The second-order valence-electron chi connectivity index (χ2n) is 5.00. The summed E-state index contributed by atoms with van der Waals surface area (Å²) in [5.74, 6) is 0.601. The first kappa shape index (κ1) is 14.6. The van der Waals surface area contributed by atoms with E-state index in [-0.39, 0.29) is 6.04 Å². The van der Waals surface area contributed by atoms with Gasteiger partial charge in [0.1, 0.15) is 0 Å². The van der Waals surface area contributed by atoms with E-state index in [9.17, 15) is 0 Å². The lowest BCUT2D eigenvalue weighted by molar-refractivity contribution is 0.525. The summed E-state index contributed by atoms with van der Waals surface area (Å²) in [6, 6.07) is 10.6. The minimum absolute atomic E-state index is 0.134. The van der Waals surface area contributed by atoms with Gasteiger partial charge in [0.2, 0.25) is 0 Å². The molecule has 0 fully saturated rings. The number of benzene rings is 1. The highest BCUT2D eigenvalue weighted by Crippen LogP contribution is 2.33. The normalized spacial score (nSPS) is 16.8. The van der Waals surface area contributed by atoms with Crippen LogP contribution >= 0.6 is 11.8 Å². The topological polar surface area (TPSA) is 26.0 Å². The van der Waals surface area contributed by atoms with E-state index in [1.807, 2.05) is 17.8 Å². The molecule has 0 aliphatic heterocycles. The van der Waals surface area contributed by atoms with E-state index < -0.39 is 0 Å². The van der Waals surface area contributed by atoms with Crippen LogP contribution < -0.4 is 5.73 Å².